The molecule has 0 atom stereocenters. The minimum atomic E-state index is 0.529. The monoisotopic (exact) mass is 241 g/mol. The van der Waals surface area contributed by atoms with Gasteiger partial charge in [0.25, 0.3) is 0 Å². The molecule has 90 valence electrons. The molecule has 3 nitrogen and oxygen atoms in total. The van der Waals surface area contributed by atoms with Crippen LogP contribution in [0.3, 0.4) is 0 Å². The van der Waals surface area contributed by atoms with E-state index in [2.05, 4.69) is 17.1 Å². The molecule has 1 fully saturated rings. The van der Waals surface area contributed by atoms with E-state index < -0.39 is 0 Å². The van der Waals surface area contributed by atoms with Crippen molar-refractivity contribution in [1.29, 1.82) is 0 Å². The Hall–Kier alpha value is -0.570. The van der Waals surface area contributed by atoms with Crippen molar-refractivity contribution in [2.24, 2.45) is 11.8 Å². The van der Waals surface area contributed by atoms with E-state index in [1.165, 1.54) is 32.1 Å². The van der Waals surface area contributed by atoms with E-state index in [9.17, 15) is 0 Å². The summed E-state index contributed by atoms with van der Waals surface area (Å²) in [5, 5.41) is 8.37. The Labute approximate surface area is 102 Å². The third-order valence-electron chi connectivity index (χ3n) is 3.79. The molecule has 0 bridgehead atoms. The summed E-state index contributed by atoms with van der Waals surface area (Å²) in [5.74, 6) is 2.72. The summed E-state index contributed by atoms with van der Waals surface area (Å²) in [6.45, 7) is 5.29. The topological polar surface area (TPSA) is 30.7 Å². The summed E-state index contributed by atoms with van der Waals surface area (Å²) in [5.41, 5.74) is 0. The standard InChI is InChI=1S/C12H20ClN3/c1-9-3-5-11(6-4-9)7-8-16-10(2)14-15-12(16)13/h9,11H,3-8H2,1-2H3. The molecular weight excluding hydrogens is 222 g/mol. The highest BCUT2D eigenvalue weighted by Gasteiger charge is 2.18. The van der Waals surface area contributed by atoms with Gasteiger partial charge in [-0.15, -0.1) is 10.2 Å². The third-order valence-corrected chi connectivity index (χ3v) is 4.07. The zero-order valence-electron chi connectivity index (χ0n) is 10.1. The maximum absolute atomic E-state index is 5.98. The zero-order valence-corrected chi connectivity index (χ0v) is 10.9. The number of aromatic nitrogens is 3. The lowest BCUT2D eigenvalue weighted by atomic mass is 9.81. The number of halogens is 1. The molecule has 1 aromatic heterocycles. The Kier molecular flexibility index (Phi) is 3.85. The van der Waals surface area contributed by atoms with Crippen molar-refractivity contribution >= 4 is 11.6 Å². The molecular formula is C12H20ClN3. The molecule has 0 radical (unpaired) electrons. The fourth-order valence-electron chi connectivity index (χ4n) is 2.54. The van der Waals surface area contributed by atoms with Crippen LogP contribution in [0.25, 0.3) is 0 Å². The van der Waals surface area contributed by atoms with E-state index in [0.717, 1.165) is 24.2 Å². The first-order valence-corrected chi connectivity index (χ1v) is 6.60. The Morgan fingerprint density at radius 3 is 2.50 bits per heavy atom. The van der Waals surface area contributed by atoms with Gasteiger partial charge in [-0.25, -0.2) is 0 Å². The summed E-state index contributed by atoms with van der Waals surface area (Å²) < 4.78 is 2.01. The molecule has 1 heterocycles. The van der Waals surface area contributed by atoms with Gasteiger partial charge in [0.2, 0.25) is 5.28 Å². The lowest BCUT2D eigenvalue weighted by Gasteiger charge is -2.26. The highest BCUT2D eigenvalue weighted by atomic mass is 35.5. The van der Waals surface area contributed by atoms with Crippen LogP contribution in [-0.2, 0) is 6.54 Å². The molecule has 0 spiro atoms. The van der Waals surface area contributed by atoms with E-state index in [4.69, 9.17) is 11.6 Å². The fraction of sp³-hybridized carbons (Fsp3) is 0.833. The summed E-state index contributed by atoms with van der Waals surface area (Å²) >= 11 is 5.98. The smallest absolute Gasteiger partial charge is 0.225 e. The van der Waals surface area contributed by atoms with Crippen LogP contribution in [-0.4, -0.2) is 14.8 Å². The Morgan fingerprint density at radius 1 is 1.25 bits per heavy atom. The molecule has 0 aliphatic heterocycles. The second kappa shape index (κ2) is 5.17. The van der Waals surface area contributed by atoms with Gasteiger partial charge in [0.15, 0.2) is 0 Å². The molecule has 1 saturated carbocycles. The maximum Gasteiger partial charge on any atom is 0.225 e. The van der Waals surface area contributed by atoms with Crippen molar-refractivity contribution in [2.45, 2.75) is 52.5 Å². The molecule has 1 aliphatic carbocycles. The minimum absolute atomic E-state index is 0.529. The number of aryl methyl sites for hydroxylation is 1. The van der Waals surface area contributed by atoms with Crippen LogP contribution in [0.15, 0.2) is 0 Å². The molecule has 1 aromatic rings. The highest BCUT2D eigenvalue weighted by molar-refractivity contribution is 6.28. The Balaban J connectivity index is 1.83. The van der Waals surface area contributed by atoms with Crippen LogP contribution in [0, 0.1) is 18.8 Å². The normalized spacial score (nSPS) is 25.9. The molecule has 0 unspecified atom stereocenters. The summed E-state index contributed by atoms with van der Waals surface area (Å²) in [7, 11) is 0. The molecule has 16 heavy (non-hydrogen) atoms. The fourth-order valence-corrected chi connectivity index (χ4v) is 2.78. The number of hydrogen-bond donors (Lipinski definition) is 0. The first-order chi connectivity index (χ1) is 7.66. The van der Waals surface area contributed by atoms with Crippen molar-refractivity contribution in [2.75, 3.05) is 0 Å². The van der Waals surface area contributed by atoms with Crippen molar-refractivity contribution < 1.29 is 0 Å². The predicted octanol–water partition coefficient (Wildman–Crippen LogP) is 3.46. The van der Waals surface area contributed by atoms with Crippen molar-refractivity contribution in [1.82, 2.24) is 14.8 Å². The summed E-state index contributed by atoms with van der Waals surface area (Å²) in [6.07, 6.45) is 6.74. The van der Waals surface area contributed by atoms with Gasteiger partial charge in [0.1, 0.15) is 5.82 Å². The van der Waals surface area contributed by atoms with Gasteiger partial charge in [-0.05, 0) is 36.8 Å². The van der Waals surface area contributed by atoms with Crippen LogP contribution < -0.4 is 0 Å². The highest BCUT2D eigenvalue weighted by Crippen LogP contribution is 2.30. The minimum Gasteiger partial charge on any atom is -0.302 e. The number of nitrogens with zero attached hydrogens (tertiary/aromatic N) is 3. The zero-order chi connectivity index (χ0) is 11.5. The van der Waals surface area contributed by atoms with Crippen molar-refractivity contribution in [3.8, 4) is 0 Å². The average Bonchev–Trinajstić information content (AvgIpc) is 2.59. The van der Waals surface area contributed by atoms with E-state index in [0.29, 0.717) is 5.28 Å². The molecule has 2 rings (SSSR count). The van der Waals surface area contributed by atoms with Crippen LogP contribution in [0.2, 0.25) is 5.28 Å². The Bertz CT molecular complexity index is 321. The van der Waals surface area contributed by atoms with Gasteiger partial charge < -0.3 is 4.57 Å². The molecule has 4 heteroatoms. The van der Waals surface area contributed by atoms with Gasteiger partial charge in [-0.2, -0.15) is 0 Å². The van der Waals surface area contributed by atoms with Crippen molar-refractivity contribution in [3.05, 3.63) is 11.1 Å². The van der Waals surface area contributed by atoms with Gasteiger partial charge in [-0.3, -0.25) is 0 Å². The quantitative estimate of drug-likeness (QED) is 0.812. The summed E-state index contributed by atoms with van der Waals surface area (Å²) in [4.78, 5) is 0. The van der Waals surface area contributed by atoms with Crippen LogP contribution >= 0.6 is 11.6 Å². The molecule has 0 amide bonds. The SMILES string of the molecule is Cc1nnc(Cl)n1CCC1CCC(C)CC1. The largest absolute Gasteiger partial charge is 0.302 e. The third kappa shape index (κ3) is 2.76. The number of hydrogen-bond acceptors (Lipinski definition) is 2. The lowest BCUT2D eigenvalue weighted by Crippen LogP contribution is -2.14. The van der Waals surface area contributed by atoms with Gasteiger partial charge >= 0.3 is 0 Å². The lowest BCUT2D eigenvalue weighted by molar-refractivity contribution is 0.268. The van der Waals surface area contributed by atoms with E-state index >= 15 is 0 Å². The van der Waals surface area contributed by atoms with Gasteiger partial charge in [0.05, 0.1) is 0 Å². The van der Waals surface area contributed by atoms with Crippen LogP contribution in [0.4, 0.5) is 0 Å². The predicted molar refractivity (Wildman–Crippen MR) is 65.5 cm³/mol. The van der Waals surface area contributed by atoms with Gasteiger partial charge in [0, 0.05) is 6.54 Å². The van der Waals surface area contributed by atoms with E-state index in [-0.39, 0.29) is 0 Å². The first-order valence-electron chi connectivity index (χ1n) is 6.22. The van der Waals surface area contributed by atoms with Crippen LogP contribution in [0.1, 0.15) is 44.9 Å². The van der Waals surface area contributed by atoms with E-state index in [1.54, 1.807) is 0 Å². The Morgan fingerprint density at radius 2 is 1.94 bits per heavy atom. The average molecular weight is 242 g/mol. The number of rotatable bonds is 3. The van der Waals surface area contributed by atoms with Crippen molar-refractivity contribution in [3.63, 3.8) is 0 Å². The molecule has 0 aromatic carbocycles. The second-order valence-electron chi connectivity index (χ2n) is 5.08. The van der Waals surface area contributed by atoms with E-state index in [1.807, 2.05) is 11.5 Å². The summed E-state index contributed by atoms with van der Waals surface area (Å²) in [6, 6.07) is 0. The van der Waals surface area contributed by atoms with Gasteiger partial charge in [-0.1, -0.05) is 32.6 Å². The molecule has 0 saturated heterocycles. The van der Waals surface area contributed by atoms with Crippen LogP contribution in [0.5, 0.6) is 0 Å². The second-order valence-corrected chi connectivity index (χ2v) is 5.42. The molecule has 1 aliphatic rings. The first kappa shape index (κ1) is 11.9. The molecule has 0 N–H and O–H groups in total. The maximum atomic E-state index is 5.98.